The lowest BCUT2D eigenvalue weighted by Crippen LogP contribution is -2.48. The second-order valence-electron chi connectivity index (χ2n) is 4.96. The van der Waals surface area contributed by atoms with E-state index in [-0.39, 0.29) is 17.6 Å². The van der Waals surface area contributed by atoms with Gasteiger partial charge in [-0.15, -0.1) is 0 Å². The van der Waals surface area contributed by atoms with Crippen LogP contribution in [0.15, 0.2) is 18.2 Å². The second kappa shape index (κ2) is 5.67. The maximum absolute atomic E-state index is 13.9. The van der Waals surface area contributed by atoms with Gasteiger partial charge in [-0.1, -0.05) is 19.1 Å². The fraction of sp³-hybridized carbons (Fsp3) is 0.571. The molecule has 1 fully saturated rings. The molecule has 0 amide bonds. The van der Waals surface area contributed by atoms with Gasteiger partial charge in [0.2, 0.25) is 0 Å². The molecule has 3 nitrogen and oxygen atoms in total. The average Bonchev–Trinajstić information content (AvgIpc) is 2.35. The van der Waals surface area contributed by atoms with E-state index in [0.29, 0.717) is 18.2 Å². The Balaban J connectivity index is 2.13. The molecule has 100 valence electrons. The normalized spacial score (nSPS) is 25.3. The maximum Gasteiger partial charge on any atom is 0.150 e. The monoisotopic (exact) mass is 252 g/mol. The van der Waals surface area contributed by atoms with Gasteiger partial charge in [-0.25, -0.2) is 4.39 Å². The van der Waals surface area contributed by atoms with Crippen molar-refractivity contribution in [3.05, 3.63) is 29.6 Å². The van der Waals surface area contributed by atoms with E-state index >= 15 is 0 Å². The summed E-state index contributed by atoms with van der Waals surface area (Å²) in [5.41, 5.74) is 6.49. The third-order valence-electron chi connectivity index (χ3n) is 3.53. The lowest BCUT2D eigenvalue weighted by atomic mass is 10.1. The fourth-order valence-electron chi connectivity index (χ4n) is 2.42. The van der Waals surface area contributed by atoms with Gasteiger partial charge in [0.05, 0.1) is 18.4 Å². The van der Waals surface area contributed by atoms with Crippen LogP contribution in [0.5, 0.6) is 0 Å². The molecule has 1 aromatic carbocycles. The first-order valence-electron chi connectivity index (χ1n) is 6.50. The molecule has 2 unspecified atom stereocenters. The van der Waals surface area contributed by atoms with Gasteiger partial charge in [0.1, 0.15) is 0 Å². The van der Waals surface area contributed by atoms with E-state index in [4.69, 9.17) is 10.5 Å². The van der Waals surface area contributed by atoms with Gasteiger partial charge in [-0.3, -0.25) is 4.90 Å². The molecular weight excluding hydrogens is 231 g/mol. The van der Waals surface area contributed by atoms with Crippen molar-refractivity contribution in [2.75, 3.05) is 18.9 Å². The Morgan fingerprint density at radius 3 is 3.00 bits per heavy atom. The number of hydrogen-bond donors (Lipinski definition) is 1. The summed E-state index contributed by atoms with van der Waals surface area (Å²) >= 11 is 0. The number of ether oxygens (including phenoxy) is 1. The molecule has 1 aliphatic rings. The standard InChI is InChI=1S/C14H21FN2O/c1-3-12-9-18-10(2)7-17(12)8-11-5-4-6-13(16)14(11)15/h4-6,10,12H,3,7-9,16H2,1-2H3. The molecule has 1 heterocycles. The van der Waals surface area contributed by atoms with Crippen molar-refractivity contribution >= 4 is 5.69 Å². The Bertz CT molecular complexity index is 411. The molecule has 1 saturated heterocycles. The Hall–Kier alpha value is -1.13. The van der Waals surface area contributed by atoms with Crippen molar-refractivity contribution in [2.45, 2.75) is 39.0 Å². The van der Waals surface area contributed by atoms with Crippen LogP contribution < -0.4 is 5.73 Å². The van der Waals surface area contributed by atoms with Crippen molar-refractivity contribution in [1.29, 1.82) is 0 Å². The van der Waals surface area contributed by atoms with Crippen LogP contribution in [-0.4, -0.2) is 30.2 Å². The average molecular weight is 252 g/mol. The molecule has 0 radical (unpaired) electrons. The van der Waals surface area contributed by atoms with Crippen LogP contribution in [0, 0.1) is 5.82 Å². The molecule has 0 aromatic heterocycles. The SMILES string of the molecule is CCC1COC(C)CN1Cc1cccc(N)c1F. The van der Waals surface area contributed by atoms with Gasteiger partial charge in [0.15, 0.2) is 5.82 Å². The van der Waals surface area contributed by atoms with E-state index in [1.807, 2.05) is 0 Å². The molecule has 1 aromatic rings. The van der Waals surface area contributed by atoms with Crippen molar-refractivity contribution in [1.82, 2.24) is 4.90 Å². The van der Waals surface area contributed by atoms with Gasteiger partial charge in [0, 0.05) is 24.7 Å². The van der Waals surface area contributed by atoms with Crippen LogP contribution in [0.1, 0.15) is 25.8 Å². The van der Waals surface area contributed by atoms with Crippen molar-refractivity contribution < 1.29 is 9.13 Å². The largest absolute Gasteiger partial charge is 0.396 e. The molecule has 0 bridgehead atoms. The summed E-state index contributed by atoms with van der Waals surface area (Å²) in [4.78, 5) is 2.28. The fourth-order valence-corrected chi connectivity index (χ4v) is 2.42. The number of rotatable bonds is 3. The first-order valence-corrected chi connectivity index (χ1v) is 6.50. The van der Waals surface area contributed by atoms with E-state index in [0.717, 1.165) is 19.6 Å². The van der Waals surface area contributed by atoms with Gasteiger partial charge >= 0.3 is 0 Å². The molecule has 0 aliphatic carbocycles. The van der Waals surface area contributed by atoms with Crippen LogP contribution in [0.2, 0.25) is 0 Å². The summed E-state index contributed by atoms with van der Waals surface area (Å²) in [6, 6.07) is 5.57. The lowest BCUT2D eigenvalue weighted by Gasteiger charge is -2.38. The number of halogens is 1. The number of nitrogens with zero attached hydrogens (tertiary/aromatic N) is 1. The lowest BCUT2D eigenvalue weighted by molar-refractivity contribution is -0.0594. The minimum absolute atomic E-state index is 0.205. The van der Waals surface area contributed by atoms with E-state index in [9.17, 15) is 4.39 Å². The van der Waals surface area contributed by atoms with E-state index in [1.54, 1.807) is 18.2 Å². The van der Waals surface area contributed by atoms with Crippen molar-refractivity contribution in [3.8, 4) is 0 Å². The highest BCUT2D eigenvalue weighted by Gasteiger charge is 2.26. The van der Waals surface area contributed by atoms with Crippen LogP contribution in [0.4, 0.5) is 10.1 Å². The molecule has 18 heavy (non-hydrogen) atoms. The zero-order chi connectivity index (χ0) is 13.1. The zero-order valence-corrected chi connectivity index (χ0v) is 11.0. The van der Waals surface area contributed by atoms with E-state index in [1.165, 1.54) is 0 Å². The number of nitrogens with two attached hydrogens (primary N) is 1. The molecule has 2 N–H and O–H groups in total. The van der Waals surface area contributed by atoms with Crippen LogP contribution in [0.25, 0.3) is 0 Å². The topological polar surface area (TPSA) is 38.5 Å². The number of hydrogen-bond acceptors (Lipinski definition) is 3. The quantitative estimate of drug-likeness (QED) is 0.840. The molecule has 1 aliphatic heterocycles. The predicted molar refractivity (Wildman–Crippen MR) is 70.7 cm³/mol. The highest BCUT2D eigenvalue weighted by molar-refractivity contribution is 5.42. The Kier molecular flexibility index (Phi) is 4.19. The third kappa shape index (κ3) is 2.82. The highest BCUT2D eigenvalue weighted by atomic mass is 19.1. The highest BCUT2D eigenvalue weighted by Crippen LogP contribution is 2.21. The first-order chi connectivity index (χ1) is 8.61. The van der Waals surface area contributed by atoms with Gasteiger partial charge in [-0.05, 0) is 19.4 Å². The van der Waals surface area contributed by atoms with Crippen molar-refractivity contribution in [3.63, 3.8) is 0 Å². The minimum Gasteiger partial charge on any atom is -0.396 e. The van der Waals surface area contributed by atoms with Crippen LogP contribution in [0.3, 0.4) is 0 Å². The Morgan fingerprint density at radius 1 is 1.50 bits per heavy atom. The number of nitrogen functional groups attached to an aromatic ring is 1. The second-order valence-corrected chi connectivity index (χ2v) is 4.96. The summed E-state index contributed by atoms with van der Waals surface area (Å²) in [6.07, 6.45) is 1.22. The summed E-state index contributed by atoms with van der Waals surface area (Å²) in [6.45, 7) is 6.35. The number of benzene rings is 1. The van der Waals surface area contributed by atoms with Crippen molar-refractivity contribution in [2.24, 2.45) is 0 Å². The summed E-state index contributed by atoms with van der Waals surface area (Å²) in [5, 5.41) is 0. The zero-order valence-electron chi connectivity index (χ0n) is 11.0. The molecule has 4 heteroatoms. The summed E-state index contributed by atoms with van der Waals surface area (Å²) in [5.74, 6) is -0.286. The van der Waals surface area contributed by atoms with Crippen LogP contribution in [-0.2, 0) is 11.3 Å². The molecule has 2 rings (SSSR count). The molecule has 2 atom stereocenters. The van der Waals surface area contributed by atoms with E-state index < -0.39 is 0 Å². The molecular formula is C14H21FN2O. The summed E-state index contributed by atoms with van der Waals surface area (Å²) < 4.78 is 19.5. The number of morpholine rings is 1. The Labute approximate surface area is 108 Å². The van der Waals surface area contributed by atoms with Gasteiger partial charge < -0.3 is 10.5 Å². The number of anilines is 1. The van der Waals surface area contributed by atoms with Gasteiger partial charge in [-0.2, -0.15) is 0 Å². The minimum atomic E-state index is -0.286. The van der Waals surface area contributed by atoms with Crippen LogP contribution >= 0.6 is 0 Å². The predicted octanol–water partition coefficient (Wildman–Crippen LogP) is 2.41. The molecule has 0 saturated carbocycles. The van der Waals surface area contributed by atoms with Gasteiger partial charge in [0.25, 0.3) is 0 Å². The first kappa shape index (κ1) is 13.3. The van der Waals surface area contributed by atoms with E-state index in [2.05, 4.69) is 18.7 Å². The summed E-state index contributed by atoms with van der Waals surface area (Å²) in [7, 11) is 0. The Morgan fingerprint density at radius 2 is 2.28 bits per heavy atom. The maximum atomic E-state index is 13.9. The smallest absolute Gasteiger partial charge is 0.150 e. The molecule has 0 spiro atoms. The third-order valence-corrected chi connectivity index (χ3v) is 3.53.